The maximum atomic E-state index is 12.6. The smallest absolute Gasteiger partial charge is 0.254 e. The molecule has 2 atom stereocenters. The number of nitrogens with two attached hydrogens (primary N) is 1. The molecule has 0 aromatic heterocycles. The van der Waals surface area contributed by atoms with Gasteiger partial charge in [0.1, 0.15) is 0 Å². The molecule has 19 heavy (non-hydrogen) atoms. The molecule has 1 fully saturated rings. The number of carbonyl (C=O) groups excluding carboxylic acids is 1. The van der Waals surface area contributed by atoms with Gasteiger partial charge in [0.25, 0.3) is 5.91 Å². The molecule has 3 nitrogen and oxygen atoms in total. The number of benzene rings is 1. The highest BCUT2D eigenvalue weighted by Crippen LogP contribution is 2.23. The highest BCUT2D eigenvalue weighted by atomic mass is 79.9. The molecular weight excluding hydrogens is 304 g/mol. The standard InChI is InChI=1S/C15H21BrN2O/c1-10-8-13(16)5-6-14(10)15(19)18-7-3-4-12(9-18)11(2)17/h5-6,8,11-12H,3-4,7,9,17H2,1-2H3. The summed E-state index contributed by atoms with van der Waals surface area (Å²) in [5.41, 5.74) is 7.79. The van der Waals surface area contributed by atoms with E-state index in [0.717, 1.165) is 41.5 Å². The second-order valence-corrected chi connectivity index (χ2v) is 6.39. The van der Waals surface area contributed by atoms with Crippen molar-refractivity contribution >= 4 is 21.8 Å². The summed E-state index contributed by atoms with van der Waals surface area (Å²) in [6.07, 6.45) is 2.17. The highest BCUT2D eigenvalue weighted by molar-refractivity contribution is 9.10. The minimum atomic E-state index is 0.135. The SMILES string of the molecule is Cc1cc(Br)ccc1C(=O)N1CCCC(C(C)N)C1. The Morgan fingerprint density at radius 1 is 1.53 bits per heavy atom. The van der Waals surface area contributed by atoms with E-state index in [4.69, 9.17) is 5.73 Å². The largest absolute Gasteiger partial charge is 0.338 e. The molecule has 1 aliphatic heterocycles. The van der Waals surface area contributed by atoms with Gasteiger partial charge in [0.05, 0.1) is 0 Å². The molecule has 0 spiro atoms. The van der Waals surface area contributed by atoms with Gasteiger partial charge in [0.15, 0.2) is 0 Å². The lowest BCUT2D eigenvalue weighted by Gasteiger charge is -2.35. The number of halogens is 1. The Bertz CT molecular complexity index is 473. The Hall–Kier alpha value is -0.870. The van der Waals surface area contributed by atoms with Gasteiger partial charge in [-0.05, 0) is 56.4 Å². The average molecular weight is 325 g/mol. The van der Waals surface area contributed by atoms with Crippen molar-refractivity contribution in [1.82, 2.24) is 4.90 Å². The zero-order valence-electron chi connectivity index (χ0n) is 11.5. The van der Waals surface area contributed by atoms with E-state index in [0.29, 0.717) is 5.92 Å². The number of carbonyl (C=O) groups is 1. The number of aryl methyl sites for hydroxylation is 1. The van der Waals surface area contributed by atoms with Gasteiger partial charge in [-0.15, -0.1) is 0 Å². The van der Waals surface area contributed by atoms with Crippen LogP contribution in [-0.2, 0) is 0 Å². The van der Waals surface area contributed by atoms with Crippen molar-refractivity contribution in [3.05, 3.63) is 33.8 Å². The summed E-state index contributed by atoms with van der Waals surface area (Å²) in [5, 5.41) is 0. The summed E-state index contributed by atoms with van der Waals surface area (Å²) >= 11 is 3.43. The molecule has 2 unspecified atom stereocenters. The van der Waals surface area contributed by atoms with Gasteiger partial charge < -0.3 is 10.6 Å². The van der Waals surface area contributed by atoms with Crippen LogP contribution in [0.5, 0.6) is 0 Å². The third kappa shape index (κ3) is 3.37. The van der Waals surface area contributed by atoms with E-state index in [1.54, 1.807) is 0 Å². The van der Waals surface area contributed by atoms with Crippen LogP contribution >= 0.6 is 15.9 Å². The van der Waals surface area contributed by atoms with Crippen molar-refractivity contribution in [3.8, 4) is 0 Å². The molecule has 1 heterocycles. The van der Waals surface area contributed by atoms with E-state index in [2.05, 4.69) is 15.9 Å². The van der Waals surface area contributed by atoms with Crippen molar-refractivity contribution < 1.29 is 4.79 Å². The number of hydrogen-bond donors (Lipinski definition) is 1. The zero-order chi connectivity index (χ0) is 14.0. The lowest BCUT2D eigenvalue weighted by atomic mass is 9.91. The number of rotatable bonds is 2. The fourth-order valence-corrected chi connectivity index (χ4v) is 3.14. The number of nitrogens with zero attached hydrogens (tertiary/aromatic N) is 1. The summed E-state index contributed by atoms with van der Waals surface area (Å²) in [7, 11) is 0. The Labute approximate surface area is 123 Å². The van der Waals surface area contributed by atoms with Gasteiger partial charge >= 0.3 is 0 Å². The van der Waals surface area contributed by atoms with E-state index >= 15 is 0 Å². The van der Waals surface area contributed by atoms with Crippen molar-refractivity contribution in [2.75, 3.05) is 13.1 Å². The van der Waals surface area contributed by atoms with Gasteiger partial charge in [0.2, 0.25) is 0 Å². The maximum Gasteiger partial charge on any atom is 0.254 e. The van der Waals surface area contributed by atoms with E-state index in [1.165, 1.54) is 0 Å². The second-order valence-electron chi connectivity index (χ2n) is 5.47. The van der Waals surface area contributed by atoms with Gasteiger partial charge in [-0.3, -0.25) is 4.79 Å². The molecule has 104 valence electrons. The minimum absolute atomic E-state index is 0.135. The Morgan fingerprint density at radius 2 is 2.26 bits per heavy atom. The van der Waals surface area contributed by atoms with Crippen LogP contribution in [0.3, 0.4) is 0 Å². The summed E-state index contributed by atoms with van der Waals surface area (Å²) in [6, 6.07) is 5.96. The fraction of sp³-hybridized carbons (Fsp3) is 0.533. The first-order chi connectivity index (χ1) is 8.99. The Morgan fingerprint density at radius 3 is 2.89 bits per heavy atom. The lowest BCUT2D eigenvalue weighted by molar-refractivity contribution is 0.0660. The van der Waals surface area contributed by atoms with Gasteiger partial charge in [-0.2, -0.15) is 0 Å². The van der Waals surface area contributed by atoms with Crippen molar-refractivity contribution in [2.45, 2.75) is 32.7 Å². The fourth-order valence-electron chi connectivity index (χ4n) is 2.66. The molecule has 1 aromatic carbocycles. The number of piperidine rings is 1. The minimum Gasteiger partial charge on any atom is -0.338 e. The number of hydrogen-bond acceptors (Lipinski definition) is 2. The Balaban J connectivity index is 2.15. The summed E-state index contributed by atoms with van der Waals surface area (Å²) in [4.78, 5) is 14.5. The molecule has 0 bridgehead atoms. The van der Waals surface area contributed by atoms with E-state index in [9.17, 15) is 4.79 Å². The summed E-state index contributed by atoms with van der Waals surface area (Å²) < 4.78 is 1.01. The molecule has 0 saturated carbocycles. The highest BCUT2D eigenvalue weighted by Gasteiger charge is 2.26. The van der Waals surface area contributed by atoms with E-state index in [-0.39, 0.29) is 11.9 Å². The molecular formula is C15H21BrN2O. The van der Waals surface area contributed by atoms with Crippen LogP contribution in [0, 0.1) is 12.8 Å². The van der Waals surface area contributed by atoms with Crippen LogP contribution < -0.4 is 5.73 Å². The third-order valence-corrected chi connectivity index (χ3v) is 4.40. The first-order valence-corrected chi connectivity index (χ1v) is 7.59. The third-order valence-electron chi connectivity index (χ3n) is 3.91. The first kappa shape index (κ1) is 14.5. The molecule has 1 saturated heterocycles. The maximum absolute atomic E-state index is 12.6. The molecule has 2 rings (SSSR count). The van der Waals surface area contributed by atoms with Crippen LogP contribution in [0.1, 0.15) is 35.7 Å². The van der Waals surface area contributed by atoms with Gasteiger partial charge in [0, 0.05) is 29.2 Å². The van der Waals surface area contributed by atoms with Crippen LogP contribution in [0.4, 0.5) is 0 Å². The summed E-state index contributed by atoms with van der Waals surface area (Å²) in [6.45, 7) is 5.64. The van der Waals surface area contributed by atoms with E-state index in [1.807, 2.05) is 36.9 Å². The molecule has 2 N–H and O–H groups in total. The predicted octanol–water partition coefficient (Wildman–Crippen LogP) is 2.96. The zero-order valence-corrected chi connectivity index (χ0v) is 13.1. The predicted molar refractivity (Wildman–Crippen MR) is 81.2 cm³/mol. The van der Waals surface area contributed by atoms with Crippen LogP contribution in [-0.4, -0.2) is 29.9 Å². The van der Waals surface area contributed by atoms with Crippen LogP contribution in [0.15, 0.2) is 22.7 Å². The number of likely N-dealkylation sites (tertiary alicyclic amines) is 1. The van der Waals surface area contributed by atoms with Gasteiger partial charge in [-0.25, -0.2) is 0 Å². The molecule has 0 radical (unpaired) electrons. The summed E-state index contributed by atoms with van der Waals surface area (Å²) in [5.74, 6) is 0.559. The van der Waals surface area contributed by atoms with Crippen molar-refractivity contribution in [3.63, 3.8) is 0 Å². The molecule has 4 heteroatoms. The topological polar surface area (TPSA) is 46.3 Å². The molecule has 1 aromatic rings. The molecule has 1 amide bonds. The van der Waals surface area contributed by atoms with Crippen molar-refractivity contribution in [2.24, 2.45) is 11.7 Å². The van der Waals surface area contributed by atoms with Crippen LogP contribution in [0.25, 0.3) is 0 Å². The Kier molecular flexibility index (Phi) is 4.63. The van der Waals surface area contributed by atoms with Crippen LogP contribution in [0.2, 0.25) is 0 Å². The van der Waals surface area contributed by atoms with E-state index < -0.39 is 0 Å². The molecule has 0 aliphatic carbocycles. The van der Waals surface area contributed by atoms with Gasteiger partial charge in [-0.1, -0.05) is 15.9 Å². The quantitative estimate of drug-likeness (QED) is 0.909. The van der Waals surface area contributed by atoms with Crippen molar-refractivity contribution in [1.29, 1.82) is 0 Å². The average Bonchev–Trinajstić information content (AvgIpc) is 2.38. The second kappa shape index (κ2) is 6.06. The monoisotopic (exact) mass is 324 g/mol. The normalized spacial score (nSPS) is 21.3. The first-order valence-electron chi connectivity index (χ1n) is 6.80. The molecule has 1 aliphatic rings. The number of amides is 1. The lowest BCUT2D eigenvalue weighted by Crippen LogP contribution is -2.45.